The molecule has 0 saturated heterocycles. The van der Waals surface area contributed by atoms with Gasteiger partial charge in [0.25, 0.3) is 0 Å². The number of benzene rings is 1. The lowest BCUT2D eigenvalue weighted by Gasteiger charge is -2.35. The highest BCUT2D eigenvalue weighted by Crippen LogP contribution is 2.47. The van der Waals surface area contributed by atoms with Crippen LogP contribution in [0.1, 0.15) is 47.2 Å². The van der Waals surface area contributed by atoms with Gasteiger partial charge in [0.1, 0.15) is 11.2 Å². The van der Waals surface area contributed by atoms with Crippen LogP contribution in [0.2, 0.25) is 0 Å². The molecule has 1 aromatic carbocycles. The average molecular weight is 446 g/mol. The van der Waals surface area contributed by atoms with Gasteiger partial charge in [0, 0.05) is 35.5 Å². The summed E-state index contributed by atoms with van der Waals surface area (Å²) < 4.78 is 6.26. The molecular weight excluding hydrogens is 424 g/mol. The zero-order valence-electron chi connectivity index (χ0n) is 17.7. The van der Waals surface area contributed by atoms with E-state index >= 15 is 0 Å². The van der Waals surface area contributed by atoms with Crippen molar-refractivity contribution < 1.29 is 24.2 Å². The molecule has 1 saturated carbocycles. The van der Waals surface area contributed by atoms with E-state index in [4.69, 9.17) is 4.74 Å². The van der Waals surface area contributed by atoms with Crippen molar-refractivity contribution in [3.63, 3.8) is 0 Å². The number of aliphatic hydroxyl groups excluding tert-OH is 1. The van der Waals surface area contributed by atoms with Crippen molar-refractivity contribution in [2.45, 2.75) is 37.9 Å². The van der Waals surface area contributed by atoms with E-state index < -0.39 is 11.6 Å². The van der Waals surface area contributed by atoms with E-state index in [1.807, 2.05) is 24.3 Å². The first-order valence-electron chi connectivity index (χ1n) is 10.8. The summed E-state index contributed by atoms with van der Waals surface area (Å²) in [5.74, 6) is -0.693. The number of aromatic nitrogens is 3. The maximum Gasteiger partial charge on any atom is 0.345 e. The van der Waals surface area contributed by atoms with Gasteiger partial charge in [-0.1, -0.05) is 18.2 Å². The molecule has 2 aliphatic rings. The van der Waals surface area contributed by atoms with Gasteiger partial charge in [-0.3, -0.25) is 10.1 Å². The molecule has 9 heteroatoms. The highest BCUT2D eigenvalue weighted by atomic mass is 16.6. The van der Waals surface area contributed by atoms with Gasteiger partial charge < -0.3 is 15.1 Å². The van der Waals surface area contributed by atoms with Crippen LogP contribution in [0.3, 0.4) is 0 Å². The quantitative estimate of drug-likeness (QED) is 0.358. The van der Waals surface area contributed by atoms with Crippen molar-refractivity contribution in [1.82, 2.24) is 9.97 Å². The summed E-state index contributed by atoms with van der Waals surface area (Å²) in [6, 6.07) is 9.08. The highest BCUT2D eigenvalue weighted by molar-refractivity contribution is 5.94. The van der Waals surface area contributed by atoms with E-state index in [1.54, 1.807) is 18.5 Å². The number of nitrogens with zero attached hydrogens (tertiary/aromatic N) is 3. The first kappa shape index (κ1) is 21.0. The van der Waals surface area contributed by atoms with E-state index in [2.05, 4.69) is 15.3 Å². The van der Waals surface area contributed by atoms with Crippen LogP contribution in [-0.2, 0) is 21.7 Å². The van der Waals surface area contributed by atoms with Crippen molar-refractivity contribution in [3.8, 4) is 11.1 Å². The molecule has 3 aromatic rings. The van der Waals surface area contributed by atoms with Crippen LogP contribution < -0.4 is 10.0 Å². The Labute approximate surface area is 189 Å². The lowest BCUT2D eigenvalue weighted by molar-refractivity contribution is -0.605. The molecule has 0 unspecified atom stereocenters. The number of hydrogen-bond acceptors (Lipinski definition) is 7. The highest BCUT2D eigenvalue weighted by Gasteiger charge is 2.49. The maximum atomic E-state index is 12.8. The van der Waals surface area contributed by atoms with E-state index in [0.29, 0.717) is 36.0 Å². The molecule has 1 aliphatic carbocycles. The number of aliphatic hydroxyl groups is 1. The van der Waals surface area contributed by atoms with Crippen molar-refractivity contribution in [1.29, 1.82) is 0 Å². The summed E-state index contributed by atoms with van der Waals surface area (Å²) in [5, 5.41) is 23.6. The normalized spacial score (nSPS) is 21.5. The van der Waals surface area contributed by atoms with E-state index in [0.717, 1.165) is 22.3 Å². The summed E-state index contributed by atoms with van der Waals surface area (Å²) in [6.45, 7) is -0.0467. The number of esters is 1. The largest absolute Gasteiger partial charge is 0.619 e. The smallest absolute Gasteiger partial charge is 0.345 e. The Kier molecular flexibility index (Phi) is 5.26. The molecule has 1 aliphatic heterocycles. The molecule has 2 aromatic heterocycles. The lowest BCUT2D eigenvalue weighted by atomic mass is 9.75. The molecule has 0 atom stereocenters. The number of nitrogens with one attached hydrogen (secondary N) is 1. The Balaban J connectivity index is 1.23. The lowest BCUT2D eigenvalue weighted by Crippen LogP contribution is -2.36. The fraction of sp³-hybridized carbons (Fsp3) is 0.292. The Bertz CT molecular complexity index is 1220. The first-order chi connectivity index (χ1) is 16.0. The number of ether oxygens (including phenoxy) is 1. The third-order valence-electron chi connectivity index (χ3n) is 6.43. The molecule has 5 rings (SSSR count). The number of anilines is 1. The Morgan fingerprint density at radius 2 is 1.97 bits per heavy atom. The SMILES string of the molecule is O=C1OC2(CCC(C(=O)Nc3ncc(-c4cccc(CO)c4)cn3)CC2)c2cc[n+]([O-])cc21. The van der Waals surface area contributed by atoms with Crippen LogP contribution in [0.15, 0.2) is 55.1 Å². The van der Waals surface area contributed by atoms with Gasteiger partial charge >= 0.3 is 5.97 Å². The van der Waals surface area contributed by atoms with Gasteiger partial charge in [0.05, 0.1) is 6.61 Å². The van der Waals surface area contributed by atoms with Gasteiger partial charge in [0.2, 0.25) is 11.9 Å². The molecule has 1 fully saturated rings. The Hall–Kier alpha value is -3.85. The third kappa shape index (κ3) is 3.91. The van der Waals surface area contributed by atoms with Gasteiger partial charge in [-0.25, -0.2) is 14.8 Å². The Morgan fingerprint density at radius 1 is 1.21 bits per heavy atom. The van der Waals surface area contributed by atoms with Gasteiger partial charge in [-0.2, -0.15) is 4.73 Å². The van der Waals surface area contributed by atoms with Crippen LogP contribution in [-0.4, -0.2) is 27.0 Å². The fourth-order valence-corrected chi connectivity index (χ4v) is 4.65. The number of carbonyl (C=O) groups is 2. The Morgan fingerprint density at radius 3 is 2.70 bits per heavy atom. The molecule has 1 amide bonds. The van der Waals surface area contributed by atoms with Crippen LogP contribution in [0, 0.1) is 11.1 Å². The van der Waals surface area contributed by atoms with Gasteiger partial charge in [-0.05, 0) is 42.9 Å². The number of hydrogen-bond donors (Lipinski definition) is 2. The number of amides is 1. The summed E-state index contributed by atoms with van der Waals surface area (Å²) in [6.07, 6.45) is 7.96. The first-order valence-corrected chi connectivity index (χ1v) is 10.8. The van der Waals surface area contributed by atoms with Crippen molar-refractivity contribution in [2.75, 3.05) is 5.32 Å². The molecule has 2 N–H and O–H groups in total. The van der Waals surface area contributed by atoms with Gasteiger partial charge in [-0.15, -0.1) is 0 Å². The average Bonchev–Trinajstić information content (AvgIpc) is 3.10. The van der Waals surface area contributed by atoms with E-state index in [-0.39, 0.29) is 24.4 Å². The molecule has 1 spiro atoms. The molecule has 0 radical (unpaired) electrons. The molecule has 33 heavy (non-hydrogen) atoms. The molecule has 168 valence electrons. The van der Waals surface area contributed by atoms with E-state index in [9.17, 15) is 19.9 Å². The van der Waals surface area contributed by atoms with Crippen molar-refractivity contribution >= 4 is 17.8 Å². The predicted octanol–water partition coefficient (Wildman–Crippen LogP) is 2.46. The summed E-state index contributed by atoms with van der Waals surface area (Å²) in [4.78, 5) is 33.5. The monoisotopic (exact) mass is 446 g/mol. The van der Waals surface area contributed by atoms with Crippen LogP contribution in [0.4, 0.5) is 5.95 Å². The molecule has 0 bridgehead atoms. The van der Waals surface area contributed by atoms with Crippen LogP contribution in [0.5, 0.6) is 0 Å². The predicted molar refractivity (Wildman–Crippen MR) is 116 cm³/mol. The molecule has 9 nitrogen and oxygen atoms in total. The van der Waals surface area contributed by atoms with Gasteiger partial charge in [0.15, 0.2) is 12.4 Å². The summed E-state index contributed by atoms with van der Waals surface area (Å²) in [7, 11) is 0. The second-order valence-electron chi connectivity index (χ2n) is 8.43. The minimum Gasteiger partial charge on any atom is -0.619 e. The molecule has 3 heterocycles. The van der Waals surface area contributed by atoms with E-state index in [1.165, 1.54) is 12.4 Å². The number of rotatable bonds is 4. The topological polar surface area (TPSA) is 128 Å². The minimum atomic E-state index is -0.765. The third-order valence-corrected chi connectivity index (χ3v) is 6.43. The zero-order chi connectivity index (χ0) is 23.0. The summed E-state index contributed by atoms with van der Waals surface area (Å²) in [5.41, 5.74) is 2.72. The van der Waals surface area contributed by atoms with Crippen LogP contribution >= 0.6 is 0 Å². The fourth-order valence-electron chi connectivity index (χ4n) is 4.65. The second-order valence-corrected chi connectivity index (χ2v) is 8.43. The summed E-state index contributed by atoms with van der Waals surface area (Å²) >= 11 is 0. The number of pyridine rings is 1. The minimum absolute atomic E-state index is 0.0467. The van der Waals surface area contributed by atoms with Crippen molar-refractivity contribution in [3.05, 3.63) is 77.0 Å². The standard InChI is InChI=1S/C24H22N4O5/c29-14-15-2-1-3-17(10-15)18-11-25-23(26-12-18)27-21(30)16-4-7-24(8-5-16)20-6-9-28(32)13-19(20)22(31)33-24/h1-3,6,9-13,16,29H,4-5,7-8,14H2,(H,25,26,27,30). The number of carbonyl (C=O) groups excluding carboxylic acids is 2. The second kappa shape index (κ2) is 8.25. The van der Waals surface area contributed by atoms with Crippen molar-refractivity contribution in [2.24, 2.45) is 5.92 Å². The van der Waals surface area contributed by atoms with Crippen LogP contribution in [0.25, 0.3) is 11.1 Å². The zero-order valence-corrected chi connectivity index (χ0v) is 17.7. The number of fused-ring (bicyclic) bond motifs is 2. The molecular formula is C24H22N4O5. The maximum absolute atomic E-state index is 12.8.